The zero-order valence-corrected chi connectivity index (χ0v) is 7.55. The molecule has 88 valence electrons. The van der Waals surface area contributed by atoms with E-state index in [9.17, 15) is 26.7 Å². The molecular formula is C8H5F5N2O. The van der Waals surface area contributed by atoms with Crippen molar-refractivity contribution in [3.05, 3.63) is 22.9 Å². The molecule has 2 N–H and O–H groups in total. The molecule has 3 nitrogen and oxygen atoms in total. The number of pyridine rings is 1. The average molecular weight is 240 g/mol. The van der Waals surface area contributed by atoms with Crippen LogP contribution < -0.4 is 5.73 Å². The molecule has 0 amide bonds. The van der Waals surface area contributed by atoms with Crippen molar-refractivity contribution in [3.8, 4) is 0 Å². The summed E-state index contributed by atoms with van der Waals surface area (Å²) in [7, 11) is 0. The predicted molar refractivity (Wildman–Crippen MR) is 44.0 cm³/mol. The van der Waals surface area contributed by atoms with Crippen molar-refractivity contribution < 1.29 is 26.7 Å². The normalized spacial score (nSPS) is 11.9. The number of halogens is 5. The SMILES string of the molecule is Nc1nc(C(F)F)c(C=O)cc1C(F)(F)F. The standard InChI is InChI=1S/C8H5F5N2O/c9-6(10)5-3(2-16)1-4(7(14)15-5)8(11,12)13/h1-2,6H,(H2,14,15). The van der Waals surface area contributed by atoms with Crippen molar-refractivity contribution in [1.29, 1.82) is 0 Å². The van der Waals surface area contributed by atoms with Crippen LogP contribution in [0.2, 0.25) is 0 Å². The molecule has 0 radical (unpaired) electrons. The van der Waals surface area contributed by atoms with Gasteiger partial charge in [-0.3, -0.25) is 4.79 Å². The maximum atomic E-state index is 12.3. The summed E-state index contributed by atoms with van der Waals surface area (Å²) in [5.74, 6) is -1.08. The topological polar surface area (TPSA) is 56.0 Å². The Labute approximate surface area is 86.1 Å². The summed E-state index contributed by atoms with van der Waals surface area (Å²) in [5, 5.41) is 0. The molecule has 0 aliphatic rings. The highest BCUT2D eigenvalue weighted by molar-refractivity contribution is 5.78. The van der Waals surface area contributed by atoms with Gasteiger partial charge in [0, 0.05) is 5.56 Å². The molecule has 0 saturated carbocycles. The first-order chi connectivity index (χ1) is 7.27. The Hall–Kier alpha value is -1.73. The first-order valence-corrected chi connectivity index (χ1v) is 3.88. The van der Waals surface area contributed by atoms with Crippen LogP contribution in [0.4, 0.5) is 27.8 Å². The van der Waals surface area contributed by atoms with Gasteiger partial charge in [0.05, 0.1) is 5.56 Å². The number of aromatic nitrogens is 1. The number of nitrogen functional groups attached to an aromatic ring is 1. The third-order valence-electron chi connectivity index (χ3n) is 1.75. The number of carbonyl (C=O) groups is 1. The van der Waals surface area contributed by atoms with Gasteiger partial charge in [0.1, 0.15) is 11.5 Å². The number of alkyl halides is 5. The van der Waals surface area contributed by atoms with E-state index in [1.54, 1.807) is 0 Å². The highest BCUT2D eigenvalue weighted by atomic mass is 19.4. The Morgan fingerprint density at radius 1 is 1.38 bits per heavy atom. The summed E-state index contributed by atoms with van der Waals surface area (Å²) in [4.78, 5) is 13.2. The minimum Gasteiger partial charge on any atom is -0.383 e. The molecule has 0 bridgehead atoms. The number of nitrogens with zero attached hydrogens (tertiary/aromatic N) is 1. The number of rotatable bonds is 2. The van der Waals surface area contributed by atoms with E-state index in [-0.39, 0.29) is 12.4 Å². The Bertz CT molecular complexity index is 416. The Balaban J connectivity index is 3.43. The zero-order valence-electron chi connectivity index (χ0n) is 7.55. The van der Waals surface area contributed by atoms with E-state index in [1.807, 2.05) is 0 Å². The van der Waals surface area contributed by atoms with Gasteiger partial charge in [-0.1, -0.05) is 0 Å². The van der Waals surface area contributed by atoms with Crippen LogP contribution in [-0.4, -0.2) is 11.3 Å². The second kappa shape index (κ2) is 4.03. The van der Waals surface area contributed by atoms with Gasteiger partial charge < -0.3 is 5.73 Å². The summed E-state index contributed by atoms with van der Waals surface area (Å²) in [6.07, 6.45) is -8.12. The lowest BCUT2D eigenvalue weighted by Gasteiger charge is -2.11. The molecule has 16 heavy (non-hydrogen) atoms. The van der Waals surface area contributed by atoms with Crippen molar-refractivity contribution >= 4 is 12.1 Å². The van der Waals surface area contributed by atoms with E-state index < -0.39 is 35.2 Å². The van der Waals surface area contributed by atoms with Crippen LogP contribution in [0.5, 0.6) is 0 Å². The van der Waals surface area contributed by atoms with E-state index in [0.29, 0.717) is 0 Å². The van der Waals surface area contributed by atoms with Crippen LogP contribution in [0.1, 0.15) is 28.0 Å². The van der Waals surface area contributed by atoms with Gasteiger partial charge >= 0.3 is 6.18 Å². The summed E-state index contributed by atoms with van der Waals surface area (Å²) in [6.45, 7) is 0. The number of anilines is 1. The maximum absolute atomic E-state index is 12.3. The van der Waals surface area contributed by atoms with Crippen LogP contribution in [-0.2, 0) is 6.18 Å². The third kappa shape index (κ3) is 2.26. The molecule has 1 aromatic rings. The zero-order chi connectivity index (χ0) is 12.5. The second-order valence-electron chi connectivity index (χ2n) is 2.81. The molecule has 0 aliphatic heterocycles. The third-order valence-corrected chi connectivity index (χ3v) is 1.75. The van der Waals surface area contributed by atoms with E-state index in [2.05, 4.69) is 4.98 Å². The molecule has 0 aliphatic carbocycles. The quantitative estimate of drug-likeness (QED) is 0.638. The van der Waals surface area contributed by atoms with Crippen LogP contribution in [0, 0.1) is 0 Å². The fourth-order valence-electron chi connectivity index (χ4n) is 1.05. The molecule has 1 heterocycles. The number of carbonyl (C=O) groups excluding carboxylic acids is 1. The lowest BCUT2D eigenvalue weighted by molar-refractivity contribution is -0.137. The molecule has 1 rings (SSSR count). The molecule has 8 heteroatoms. The fraction of sp³-hybridized carbons (Fsp3) is 0.250. The number of hydrogen-bond donors (Lipinski definition) is 1. The predicted octanol–water partition coefficient (Wildman–Crippen LogP) is 2.43. The molecule has 1 aromatic heterocycles. The summed E-state index contributed by atoms with van der Waals surface area (Å²) >= 11 is 0. The molecule has 0 unspecified atom stereocenters. The molecule has 0 fully saturated rings. The van der Waals surface area contributed by atoms with Gasteiger partial charge in [0.25, 0.3) is 6.43 Å². The maximum Gasteiger partial charge on any atom is 0.419 e. The van der Waals surface area contributed by atoms with Crippen LogP contribution >= 0.6 is 0 Å². The molecule has 0 atom stereocenters. The number of nitrogens with two attached hydrogens (primary N) is 1. The van der Waals surface area contributed by atoms with Gasteiger partial charge in [-0.15, -0.1) is 0 Å². The summed E-state index contributed by atoms with van der Waals surface area (Å²) in [5.41, 5.74) is 1.61. The second-order valence-corrected chi connectivity index (χ2v) is 2.81. The smallest absolute Gasteiger partial charge is 0.383 e. The number of aldehydes is 1. The minimum atomic E-state index is -4.84. The Kier molecular flexibility index (Phi) is 3.11. The highest BCUT2D eigenvalue weighted by Gasteiger charge is 2.35. The van der Waals surface area contributed by atoms with Crippen molar-refractivity contribution in [2.75, 3.05) is 5.73 Å². The molecule has 0 spiro atoms. The highest BCUT2D eigenvalue weighted by Crippen LogP contribution is 2.35. The molecule has 0 aromatic carbocycles. The van der Waals surface area contributed by atoms with Gasteiger partial charge in [-0.05, 0) is 6.07 Å². The van der Waals surface area contributed by atoms with Crippen molar-refractivity contribution in [1.82, 2.24) is 4.98 Å². The molecular weight excluding hydrogens is 235 g/mol. The largest absolute Gasteiger partial charge is 0.419 e. The lowest BCUT2D eigenvalue weighted by atomic mass is 10.1. The van der Waals surface area contributed by atoms with E-state index in [4.69, 9.17) is 5.73 Å². The Morgan fingerprint density at radius 3 is 2.31 bits per heavy atom. The van der Waals surface area contributed by atoms with Crippen molar-refractivity contribution in [2.45, 2.75) is 12.6 Å². The Morgan fingerprint density at radius 2 is 1.94 bits per heavy atom. The van der Waals surface area contributed by atoms with Crippen LogP contribution in [0.15, 0.2) is 6.07 Å². The van der Waals surface area contributed by atoms with E-state index in [0.717, 1.165) is 0 Å². The van der Waals surface area contributed by atoms with Gasteiger partial charge in [0.2, 0.25) is 0 Å². The van der Waals surface area contributed by atoms with E-state index in [1.165, 1.54) is 0 Å². The van der Waals surface area contributed by atoms with Crippen LogP contribution in [0.25, 0.3) is 0 Å². The average Bonchev–Trinajstić information content (AvgIpc) is 2.15. The fourth-order valence-corrected chi connectivity index (χ4v) is 1.05. The first-order valence-electron chi connectivity index (χ1n) is 3.88. The lowest BCUT2D eigenvalue weighted by Crippen LogP contribution is -2.13. The summed E-state index contributed by atoms with van der Waals surface area (Å²) < 4.78 is 61.4. The van der Waals surface area contributed by atoms with E-state index >= 15 is 0 Å². The monoisotopic (exact) mass is 240 g/mol. The van der Waals surface area contributed by atoms with Crippen LogP contribution in [0.3, 0.4) is 0 Å². The molecule has 0 saturated heterocycles. The van der Waals surface area contributed by atoms with Crippen molar-refractivity contribution in [3.63, 3.8) is 0 Å². The number of hydrogen-bond acceptors (Lipinski definition) is 3. The summed E-state index contributed by atoms with van der Waals surface area (Å²) in [6, 6.07) is 0.261. The van der Waals surface area contributed by atoms with Gasteiger partial charge in [-0.25, -0.2) is 13.8 Å². The van der Waals surface area contributed by atoms with Gasteiger partial charge in [0.15, 0.2) is 6.29 Å². The minimum absolute atomic E-state index is 0.122. The van der Waals surface area contributed by atoms with Crippen molar-refractivity contribution in [2.24, 2.45) is 0 Å². The first kappa shape index (κ1) is 12.3. The van der Waals surface area contributed by atoms with Gasteiger partial charge in [-0.2, -0.15) is 13.2 Å².